The summed E-state index contributed by atoms with van der Waals surface area (Å²) in [5.41, 5.74) is 5.32. The summed E-state index contributed by atoms with van der Waals surface area (Å²) in [5.74, 6) is 0.277. The minimum Gasteiger partial charge on any atom is -0.342 e. The van der Waals surface area contributed by atoms with E-state index in [1.54, 1.807) is 0 Å². The Hall–Kier alpha value is -1.98. The summed E-state index contributed by atoms with van der Waals surface area (Å²) in [4.78, 5) is 19.5. The van der Waals surface area contributed by atoms with Crippen LogP contribution >= 0.6 is 31.9 Å². The highest BCUT2D eigenvalue weighted by molar-refractivity contribution is 9.10. The molecule has 0 atom stereocenters. The molecule has 3 aromatic rings. The minimum atomic E-state index is 0.277. The number of pyridine rings is 1. The molecular weight excluding hydrogens is 504 g/mol. The Kier molecular flexibility index (Phi) is 7.00. The summed E-state index contributed by atoms with van der Waals surface area (Å²) in [7, 11) is 0. The van der Waals surface area contributed by atoms with Crippen molar-refractivity contribution in [1.82, 2.24) is 9.88 Å². The second-order valence-electron chi connectivity index (χ2n) is 7.65. The average molecular weight is 528 g/mol. The number of nitrogens with zero attached hydrogens (tertiary/aromatic N) is 2. The van der Waals surface area contributed by atoms with E-state index >= 15 is 0 Å². The van der Waals surface area contributed by atoms with Crippen molar-refractivity contribution in [1.29, 1.82) is 0 Å². The number of carbonyl (C=O) groups is 1. The molecular formula is C25H24Br2N2O. The SMILES string of the molecule is O=C1CCCCCN1CCc1nc(-c2cccc(Br)c2)ccc1-c1cccc(Br)c1. The first-order chi connectivity index (χ1) is 14.6. The molecule has 3 nitrogen and oxygen atoms in total. The second kappa shape index (κ2) is 9.88. The number of benzene rings is 2. The lowest BCUT2D eigenvalue weighted by Gasteiger charge is -2.21. The quantitative estimate of drug-likeness (QED) is 0.362. The Morgan fingerprint density at radius 1 is 0.867 bits per heavy atom. The second-order valence-corrected chi connectivity index (χ2v) is 9.48. The lowest BCUT2D eigenvalue weighted by atomic mass is 10.00. The van der Waals surface area contributed by atoms with Crippen LogP contribution in [0.4, 0.5) is 0 Å². The first kappa shape index (κ1) is 21.3. The molecule has 0 radical (unpaired) electrons. The zero-order chi connectivity index (χ0) is 20.9. The van der Waals surface area contributed by atoms with Gasteiger partial charge >= 0.3 is 0 Å². The third-order valence-corrected chi connectivity index (χ3v) is 6.51. The van der Waals surface area contributed by atoms with Gasteiger partial charge in [-0.15, -0.1) is 0 Å². The van der Waals surface area contributed by atoms with Crippen molar-refractivity contribution in [3.63, 3.8) is 0 Å². The molecule has 1 aromatic heterocycles. The molecule has 0 spiro atoms. The highest BCUT2D eigenvalue weighted by Crippen LogP contribution is 2.29. The summed E-state index contributed by atoms with van der Waals surface area (Å²) < 4.78 is 2.08. The van der Waals surface area contributed by atoms with Crippen molar-refractivity contribution in [3.8, 4) is 22.4 Å². The van der Waals surface area contributed by atoms with E-state index in [1.807, 2.05) is 29.2 Å². The van der Waals surface area contributed by atoms with E-state index < -0.39 is 0 Å². The third kappa shape index (κ3) is 5.19. The molecule has 1 fully saturated rings. The molecule has 30 heavy (non-hydrogen) atoms. The number of carbonyl (C=O) groups excluding carboxylic acids is 1. The van der Waals surface area contributed by atoms with Crippen molar-refractivity contribution in [2.75, 3.05) is 13.1 Å². The molecule has 5 heteroatoms. The lowest BCUT2D eigenvalue weighted by molar-refractivity contribution is -0.130. The number of rotatable bonds is 5. The van der Waals surface area contributed by atoms with Crippen LogP contribution in [0.1, 0.15) is 31.4 Å². The van der Waals surface area contributed by atoms with Crippen LogP contribution in [-0.4, -0.2) is 28.9 Å². The fourth-order valence-electron chi connectivity index (χ4n) is 3.94. The molecule has 0 aliphatic carbocycles. The number of halogens is 2. The van der Waals surface area contributed by atoms with Crippen LogP contribution in [0.15, 0.2) is 69.6 Å². The smallest absolute Gasteiger partial charge is 0.222 e. The van der Waals surface area contributed by atoms with Gasteiger partial charge in [-0.05, 0) is 48.7 Å². The zero-order valence-corrected chi connectivity index (χ0v) is 20.0. The predicted octanol–water partition coefficient (Wildman–Crippen LogP) is 6.89. The number of amides is 1. The van der Waals surface area contributed by atoms with Crippen LogP contribution in [0.25, 0.3) is 22.4 Å². The van der Waals surface area contributed by atoms with Gasteiger partial charge in [0, 0.05) is 46.0 Å². The maximum atomic E-state index is 12.5. The molecule has 0 bridgehead atoms. The van der Waals surface area contributed by atoms with Gasteiger partial charge in [0.15, 0.2) is 0 Å². The Labute approximate surface area is 194 Å². The van der Waals surface area contributed by atoms with Gasteiger partial charge in [-0.25, -0.2) is 0 Å². The largest absolute Gasteiger partial charge is 0.342 e. The molecule has 2 heterocycles. The predicted molar refractivity (Wildman–Crippen MR) is 129 cm³/mol. The summed E-state index contributed by atoms with van der Waals surface area (Å²) in [6.45, 7) is 1.57. The van der Waals surface area contributed by atoms with Gasteiger partial charge in [0.2, 0.25) is 5.91 Å². The Bertz CT molecular complexity index is 1050. The molecule has 1 amide bonds. The Morgan fingerprint density at radius 2 is 1.60 bits per heavy atom. The molecule has 1 saturated heterocycles. The maximum absolute atomic E-state index is 12.5. The first-order valence-corrected chi connectivity index (χ1v) is 12.0. The van der Waals surface area contributed by atoms with Gasteiger partial charge in [0.25, 0.3) is 0 Å². The summed E-state index contributed by atoms with van der Waals surface area (Å²) in [6, 6.07) is 20.8. The highest BCUT2D eigenvalue weighted by atomic mass is 79.9. The van der Waals surface area contributed by atoms with Crippen molar-refractivity contribution in [3.05, 3.63) is 75.3 Å². The van der Waals surface area contributed by atoms with Crippen LogP contribution in [0, 0.1) is 0 Å². The Balaban J connectivity index is 1.68. The molecule has 1 aliphatic rings. The normalized spacial score (nSPS) is 14.6. The van der Waals surface area contributed by atoms with Gasteiger partial charge in [-0.2, -0.15) is 0 Å². The molecule has 1 aliphatic heterocycles. The molecule has 0 saturated carbocycles. The van der Waals surface area contributed by atoms with E-state index in [-0.39, 0.29) is 5.91 Å². The van der Waals surface area contributed by atoms with E-state index in [2.05, 4.69) is 68.3 Å². The fraction of sp³-hybridized carbons (Fsp3) is 0.280. The third-order valence-electron chi connectivity index (χ3n) is 5.52. The van der Waals surface area contributed by atoms with E-state index in [9.17, 15) is 4.79 Å². The molecule has 2 aromatic carbocycles. The van der Waals surface area contributed by atoms with Crippen LogP contribution in [0.2, 0.25) is 0 Å². The average Bonchev–Trinajstić information content (AvgIpc) is 2.96. The molecule has 4 rings (SSSR count). The fourth-order valence-corrected chi connectivity index (χ4v) is 4.73. The van der Waals surface area contributed by atoms with Crippen LogP contribution < -0.4 is 0 Å². The highest BCUT2D eigenvalue weighted by Gasteiger charge is 2.18. The van der Waals surface area contributed by atoms with Crippen molar-refractivity contribution >= 4 is 37.8 Å². The topological polar surface area (TPSA) is 33.2 Å². The van der Waals surface area contributed by atoms with Gasteiger partial charge in [-0.3, -0.25) is 9.78 Å². The first-order valence-electron chi connectivity index (χ1n) is 10.4. The van der Waals surface area contributed by atoms with Crippen LogP contribution in [0.3, 0.4) is 0 Å². The maximum Gasteiger partial charge on any atom is 0.222 e. The Morgan fingerprint density at radius 3 is 2.37 bits per heavy atom. The van der Waals surface area contributed by atoms with E-state index in [4.69, 9.17) is 4.98 Å². The van der Waals surface area contributed by atoms with Crippen molar-refractivity contribution < 1.29 is 4.79 Å². The van der Waals surface area contributed by atoms with E-state index in [1.165, 1.54) is 0 Å². The molecule has 0 N–H and O–H groups in total. The number of hydrogen-bond donors (Lipinski definition) is 0. The van der Waals surface area contributed by atoms with Gasteiger partial charge < -0.3 is 4.90 Å². The summed E-state index contributed by atoms with van der Waals surface area (Å²) in [6.07, 6.45) is 4.66. The molecule has 154 valence electrons. The molecule has 0 unspecified atom stereocenters. The van der Waals surface area contributed by atoms with Crippen molar-refractivity contribution in [2.45, 2.75) is 32.1 Å². The van der Waals surface area contributed by atoms with Crippen LogP contribution in [-0.2, 0) is 11.2 Å². The van der Waals surface area contributed by atoms with Gasteiger partial charge in [-0.1, -0.05) is 68.6 Å². The number of aromatic nitrogens is 1. The van der Waals surface area contributed by atoms with Gasteiger partial charge in [0.05, 0.1) is 11.4 Å². The lowest BCUT2D eigenvalue weighted by Crippen LogP contribution is -2.32. The summed E-state index contributed by atoms with van der Waals surface area (Å²) in [5, 5.41) is 0. The van der Waals surface area contributed by atoms with E-state index in [0.29, 0.717) is 6.42 Å². The van der Waals surface area contributed by atoms with Crippen LogP contribution in [0.5, 0.6) is 0 Å². The van der Waals surface area contributed by atoms with Gasteiger partial charge in [0.1, 0.15) is 0 Å². The zero-order valence-electron chi connectivity index (χ0n) is 16.8. The summed E-state index contributed by atoms with van der Waals surface area (Å²) >= 11 is 7.14. The van der Waals surface area contributed by atoms with E-state index in [0.717, 1.165) is 75.8 Å². The standard InChI is InChI=1S/C25H24Br2N2O/c26-20-8-4-6-18(16-20)22-11-12-23(19-7-5-9-21(27)17-19)28-24(22)13-15-29-14-3-1-2-10-25(29)30/h4-9,11-12,16-17H,1-3,10,13-15H2. The number of likely N-dealkylation sites (tertiary alicyclic amines) is 1. The van der Waals surface area contributed by atoms with Crippen molar-refractivity contribution in [2.24, 2.45) is 0 Å². The minimum absolute atomic E-state index is 0.277. The monoisotopic (exact) mass is 526 g/mol. The number of hydrogen-bond acceptors (Lipinski definition) is 2.